The van der Waals surface area contributed by atoms with Gasteiger partial charge >= 0.3 is 12.1 Å². The fourth-order valence-corrected chi connectivity index (χ4v) is 3.29. The molecule has 0 saturated carbocycles. The summed E-state index contributed by atoms with van der Waals surface area (Å²) in [7, 11) is 0. The smallest absolute Gasteiger partial charge is 0.418 e. The van der Waals surface area contributed by atoms with Crippen molar-refractivity contribution in [3.8, 4) is 0 Å². The Labute approximate surface area is 177 Å². The van der Waals surface area contributed by atoms with Gasteiger partial charge < -0.3 is 15.0 Å². The second-order valence-electron chi connectivity index (χ2n) is 7.37. The van der Waals surface area contributed by atoms with Crippen LogP contribution < -0.4 is 10.2 Å². The van der Waals surface area contributed by atoms with E-state index in [2.05, 4.69) is 5.32 Å². The van der Waals surface area contributed by atoms with Crippen molar-refractivity contribution < 1.29 is 32.3 Å². The van der Waals surface area contributed by atoms with Gasteiger partial charge in [-0.3, -0.25) is 14.4 Å². The Morgan fingerprint density at radius 2 is 1.84 bits per heavy atom. The average molecular weight is 434 g/mol. The van der Waals surface area contributed by atoms with Gasteiger partial charge in [-0.05, 0) is 49.2 Å². The van der Waals surface area contributed by atoms with Gasteiger partial charge in [-0.25, -0.2) is 0 Å². The number of nitrogens with one attached hydrogen (secondary N) is 1. The Kier molecular flexibility index (Phi) is 6.33. The van der Waals surface area contributed by atoms with Crippen LogP contribution in [-0.4, -0.2) is 30.9 Å². The number of halogens is 3. The van der Waals surface area contributed by atoms with Gasteiger partial charge in [-0.1, -0.05) is 18.2 Å². The highest BCUT2D eigenvalue weighted by Crippen LogP contribution is 2.34. The van der Waals surface area contributed by atoms with Gasteiger partial charge in [0.05, 0.1) is 17.2 Å². The first-order chi connectivity index (χ1) is 14.6. The fraction of sp³-hybridized carbons (Fsp3) is 0.318. The van der Waals surface area contributed by atoms with Gasteiger partial charge in [0.15, 0.2) is 6.61 Å². The van der Waals surface area contributed by atoms with Crippen molar-refractivity contribution in [1.82, 2.24) is 0 Å². The third-order valence-electron chi connectivity index (χ3n) is 5.11. The number of carbonyl (C=O) groups excluding carboxylic acids is 3. The number of esters is 1. The van der Waals surface area contributed by atoms with Crippen molar-refractivity contribution in [2.45, 2.75) is 26.4 Å². The number of ether oxygens (including phenoxy) is 1. The Morgan fingerprint density at radius 1 is 1.13 bits per heavy atom. The van der Waals surface area contributed by atoms with E-state index in [4.69, 9.17) is 4.74 Å². The van der Waals surface area contributed by atoms with E-state index < -0.39 is 41.8 Å². The first kappa shape index (κ1) is 22.3. The van der Waals surface area contributed by atoms with Gasteiger partial charge in [0.25, 0.3) is 5.91 Å². The van der Waals surface area contributed by atoms with E-state index in [1.165, 1.54) is 17.0 Å². The first-order valence-corrected chi connectivity index (χ1v) is 9.56. The zero-order chi connectivity index (χ0) is 22.8. The molecule has 2 aromatic carbocycles. The molecule has 0 aromatic heterocycles. The molecule has 1 aliphatic heterocycles. The molecule has 31 heavy (non-hydrogen) atoms. The van der Waals surface area contributed by atoms with Crippen LogP contribution in [0, 0.1) is 19.8 Å². The highest BCUT2D eigenvalue weighted by molar-refractivity contribution is 6.00. The van der Waals surface area contributed by atoms with Gasteiger partial charge in [0.2, 0.25) is 5.91 Å². The SMILES string of the molecule is Cc1ccc(N2C[C@@H](C(=O)OCC(=O)Nc3ccccc3C(F)(F)F)CC2=O)cc1C. The lowest BCUT2D eigenvalue weighted by atomic mass is 10.1. The summed E-state index contributed by atoms with van der Waals surface area (Å²) in [6.07, 6.45) is -4.70. The van der Waals surface area contributed by atoms with Crippen LogP contribution in [0.25, 0.3) is 0 Å². The van der Waals surface area contributed by atoms with Gasteiger partial charge in [0.1, 0.15) is 0 Å². The van der Waals surface area contributed by atoms with E-state index in [0.29, 0.717) is 5.69 Å². The number of rotatable bonds is 5. The number of anilines is 2. The summed E-state index contributed by atoms with van der Waals surface area (Å²) in [6, 6.07) is 10.0. The number of aryl methyl sites for hydroxylation is 2. The van der Waals surface area contributed by atoms with Crippen molar-refractivity contribution in [3.63, 3.8) is 0 Å². The second-order valence-corrected chi connectivity index (χ2v) is 7.37. The zero-order valence-electron chi connectivity index (χ0n) is 17.0. The van der Waals surface area contributed by atoms with E-state index >= 15 is 0 Å². The maximum Gasteiger partial charge on any atom is 0.418 e. The summed E-state index contributed by atoms with van der Waals surface area (Å²) in [5.74, 6) is -2.66. The lowest BCUT2D eigenvalue weighted by Crippen LogP contribution is -2.28. The summed E-state index contributed by atoms with van der Waals surface area (Å²) < 4.78 is 44.0. The van der Waals surface area contributed by atoms with E-state index in [-0.39, 0.29) is 18.9 Å². The molecule has 2 amide bonds. The van der Waals surface area contributed by atoms with Crippen molar-refractivity contribution >= 4 is 29.2 Å². The van der Waals surface area contributed by atoms with Crippen LogP contribution in [0.4, 0.5) is 24.5 Å². The summed E-state index contributed by atoms with van der Waals surface area (Å²) in [5, 5.41) is 2.10. The third kappa shape index (κ3) is 5.22. The maximum atomic E-state index is 13.0. The third-order valence-corrected chi connectivity index (χ3v) is 5.11. The van der Waals surface area contributed by atoms with Crippen molar-refractivity contribution in [2.75, 3.05) is 23.4 Å². The highest BCUT2D eigenvalue weighted by Gasteiger charge is 2.37. The lowest BCUT2D eigenvalue weighted by molar-refractivity contribution is -0.151. The minimum atomic E-state index is -4.64. The minimum Gasteiger partial charge on any atom is -0.455 e. The molecule has 6 nitrogen and oxygen atoms in total. The maximum absolute atomic E-state index is 13.0. The molecule has 1 N–H and O–H groups in total. The fourth-order valence-electron chi connectivity index (χ4n) is 3.29. The Morgan fingerprint density at radius 3 is 2.52 bits per heavy atom. The van der Waals surface area contributed by atoms with Crippen LogP contribution in [0.1, 0.15) is 23.1 Å². The normalized spacial score (nSPS) is 16.4. The predicted molar refractivity (Wildman–Crippen MR) is 107 cm³/mol. The number of nitrogens with zero attached hydrogens (tertiary/aromatic N) is 1. The summed E-state index contributed by atoms with van der Waals surface area (Å²) in [6.45, 7) is 3.22. The van der Waals surface area contributed by atoms with Crippen LogP contribution in [0.3, 0.4) is 0 Å². The van der Waals surface area contributed by atoms with Crippen LogP contribution in [0.5, 0.6) is 0 Å². The number of carbonyl (C=O) groups is 3. The number of hydrogen-bond donors (Lipinski definition) is 1. The standard InChI is InChI=1S/C22H21F3N2O4/c1-13-7-8-16(9-14(13)2)27-11-15(10-20(27)29)21(30)31-12-19(28)26-18-6-4-3-5-17(18)22(23,24)25/h3-9,15H,10-12H2,1-2H3,(H,26,28)/t15-/m0/s1. The number of hydrogen-bond acceptors (Lipinski definition) is 4. The largest absolute Gasteiger partial charge is 0.455 e. The summed E-state index contributed by atoms with van der Waals surface area (Å²) in [4.78, 5) is 38.1. The molecule has 1 atom stereocenters. The molecular formula is C22H21F3N2O4. The molecule has 2 aromatic rings. The topological polar surface area (TPSA) is 75.7 Å². The van der Waals surface area contributed by atoms with Crippen molar-refractivity contribution in [1.29, 1.82) is 0 Å². The molecule has 0 radical (unpaired) electrons. The molecule has 164 valence electrons. The minimum absolute atomic E-state index is 0.0652. The molecule has 1 saturated heterocycles. The molecular weight excluding hydrogens is 413 g/mol. The highest BCUT2D eigenvalue weighted by atomic mass is 19.4. The van der Waals surface area contributed by atoms with Crippen LogP contribution in [-0.2, 0) is 25.3 Å². The number of alkyl halides is 3. The van der Waals surface area contributed by atoms with E-state index in [1.54, 1.807) is 6.07 Å². The van der Waals surface area contributed by atoms with Gasteiger partial charge in [-0.15, -0.1) is 0 Å². The van der Waals surface area contributed by atoms with Crippen LogP contribution >= 0.6 is 0 Å². The van der Waals surface area contributed by atoms with E-state index in [0.717, 1.165) is 23.3 Å². The zero-order valence-corrected chi connectivity index (χ0v) is 17.0. The molecule has 1 heterocycles. The number of para-hydroxylation sites is 1. The molecule has 1 fully saturated rings. The molecule has 3 rings (SSSR count). The summed E-state index contributed by atoms with van der Waals surface area (Å²) in [5.41, 5.74) is 1.33. The van der Waals surface area contributed by atoms with E-state index in [9.17, 15) is 27.6 Å². The van der Waals surface area contributed by atoms with Crippen molar-refractivity contribution in [2.24, 2.45) is 5.92 Å². The molecule has 0 aliphatic carbocycles. The molecule has 1 aliphatic rings. The first-order valence-electron chi connectivity index (χ1n) is 9.56. The van der Waals surface area contributed by atoms with Crippen LogP contribution in [0.15, 0.2) is 42.5 Å². The quantitative estimate of drug-likeness (QED) is 0.726. The van der Waals surface area contributed by atoms with Gasteiger partial charge in [-0.2, -0.15) is 13.2 Å². The predicted octanol–water partition coefficient (Wildman–Crippen LogP) is 3.86. The number of amides is 2. The molecule has 9 heteroatoms. The van der Waals surface area contributed by atoms with E-state index in [1.807, 2.05) is 26.0 Å². The Hall–Kier alpha value is -3.36. The molecule has 0 unspecified atom stereocenters. The van der Waals surface area contributed by atoms with Crippen molar-refractivity contribution in [3.05, 3.63) is 59.2 Å². The molecule has 0 bridgehead atoms. The average Bonchev–Trinajstić information content (AvgIpc) is 3.09. The van der Waals surface area contributed by atoms with Crippen LogP contribution in [0.2, 0.25) is 0 Å². The van der Waals surface area contributed by atoms with Gasteiger partial charge in [0, 0.05) is 18.7 Å². The second kappa shape index (κ2) is 8.79. The lowest BCUT2D eigenvalue weighted by Gasteiger charge is -2.18. The summed E-state index contributed by atoms with van der Waals surface area (Å²) >= 11 is 0. The monoisotopic (exact) mass is 434 g/mol. The Balaban J connectivity index is 1.57. The number of benzene rings is 2. The Bertz CT molecular complexity index is 1020. The molecule has 0 spiro atoms.